The minimum atomic E-state index is 0.477. The van der Waals surface area contributed by atoms with E-state index in [0.29, 0.717) is 12.5 Å². The van der Waals surface area contributed by atoms with Gasteiger partial charge in [-0.1, -0.05) is 12.5 Å². The summed E-state index contributed by atoms with van der Waals surface area (Å²) in [5.41, 5.74) is 7.21. The van der Waals surface area contributed by atoms with Crippen molar-refractivity contribution >= 4 is 0 Å². The minimum absolute atomic E-state index is 0.477. The monoisotopic (exact) mass is 292 g/mol. The van der Waals surface area contributed by atoms with Gasteiger partial charge in [-0.15, -0.1) is 0 Å². The number of methoxy groups -OCH3 is 2. The summed E-state index contributed by atoms with van der Waals surface area (Å²) in [7, 11) is 3.38. The summed E-state index contributed by atoms with van der Waals surface area (Å²) in [6.45, 7) is 4.24. The summed E-state index contributed by atoms with van der Waals surface area (Å²) in [5, 5.41) is 0. The molecule has 1 atom stereocenters. The summed E-state index contributed by atoms with van der Waals surface area (Å²) < 4.78 is 10.7. The average molecular weight is 292 g/mol. The van der Waals surface area contributed by atoms with Gasteiger partial charge in [0.2, 0.25) is 0 Å². The molecule has 2 N–H and O–H groups in total. The van der Waals surface area contributed by atoms with Gasteiger partial charge in [-0.2, -0.15) is 0 Å². The molecule has 1 aliphatic rings. The first kappa shape index (κ1) is 16.1. The maximum absolute atomic E-state index is 5.99. The largest absolute Gasteiger partial charge is 0.497 e. The average Bonchev–Trinajstić information content (AvgIpc) is 2.55. The van der Waals surface area contributed by atoms with E-state index in [2.05, 4.69) is 11.0 Å². The summed E-state index contributed by atoms with van der Waals surface area (Å²) in [6, 6.07) is 6.03. The fraction of sp³-hybridized carbons (Fsp3) is 0.647. The van der Waals surface area contributed by atoms with E-state index in [1.54, 1.807) is 14.2 Å². The maximum Gasteiger partial charge on any atom is 0.125 e. The third-order valence-electron chi connectivity index (χ3n) is 4.30. The van der Waals surface area contributed by atoms with Crippen molar-refractivity contribution in [1.29, 1.82) is 0 Å². The number of hydrogen-bond acceptors (Lipinski definition) is 4. The topological polar surface area (TPSA) is 47.7 Å². The molecule has 4 heteroatoms. The molecule has 118 valence electrons. The second-order valence-electron chi connectivity index (χ2n) is 5.84. The summed E-state index contributed by atoms with van der Waals surface area (Å²) in [6.07, 6.45) is 4.97. The van der Waals surface area contributed by atoms with E-state index in [1.165, 1.54) is 37.9 Å². The first-order valence-corrected chi connectivity index (χ1v) is 7.90. The Morgan fingerprint density at radius 3 is 2.52 bits per heavy atom. The lowest BCUT2D eigenvalue weighted by atomic mass is 9.97. The highest BCUT2D eigenvalue weighted by molar-refractivity contribution is 5.41. The van der Waals surface area contributed by atoms with Crippen molar-refractivity contribution in [1.82, 2.24) is 4.90 Å². The van der Waals surface area contributed by atoms with Crippen LogP contribution in [0.3, 0.4) is 0 Å². The second kappa shape index (κ2) is 8.25. The van der Waals surface area contributed by atoms with E-state index in [0.717, 1.165) is 24.5 Å². The van der Waals surface area contributed by atoms with Crippen LogP contribution in [0.25, 0.3) is 0 Å². The van der Waals surface area contributed by atoms with E-state index < -0.39 is 0 Å². The predicted octanol–water partition coefficient (Wildman–Crippen LogP) is 2.31. The smallest absolute Gasteiger partial charge is 0.125 e. The predicted molar refractivity (Wildman–Crippen MR) is 86.1 cm³/mol. The van der Waals surface area contributed by atoms with Crippen LogP contribution in [0.2, 0.25) is 0 Å². The molecule has 1 aromatic carbocycles. The van der Waals surface area contributed by atoms with E-state index in [1.807, 2.05) is 12.1 Å². The van der Waals surface area contributed by atoms with Crippen LogP contribution in [-0.2, 0) is 6.42 Å². The van der Waals surface area contributed by atoms with Crippen LogP contribution in [0.5, 0.6) is 11.5 Å². The van der Waals surface area contributed by atoms with Gasteiger partial charge < -0.3 is 20.1 Å². The molecule has 0 amide bonds. The molecular weight excluding hydrogens is 264 g/mol. The molecule has 0 spiro atoms. The molecule has 1 unspecified atom stereocenters. The zero-order valence-corrected chi connectivity index (χ0v) is 13.3. The van der Waals surface area contributed by atoms with Crippen molar-refractivity contribution in [2.75, 3.05) is 40.4 Å². The molecule has 2 rings (SSSR count). The molecule has 1 aliphatic heterocycles. The van der Waals surface area contributed by atoms with E-state index in [9.17, 15) is 0 Å². The number of nitrogens with zero attached hydrogens (tertiary/aromatic N) is 1. The highest BCUT2D eigenvalue weighted by Gasteiger charge is 2.17. The molecule has 4 nitrogen and oxygen atoms in total. The van der Waals surface area contributed by atoms with Crippen LogP contribution in [0, 0.1) is 5.92 Å². The lowest BCUT2D eigenvalue weighted by Crippen LogP contribution is -2.37. The number of piperidine rings is 1. The van der Waals surface area contributed by atoms with Crippen LogP contribution < -0.4 is 15.2 Å². The van der Waals surface area contributed by atoms with E-state index >= 15 is 0 Å². The van der Waals surface area contributed by atoms with E-state index in [4.69, 9.17) is 15.2 Å². The third kappa shape index (κ3) is 4.61. The zero-order valence-electron chi connectivity index (χ0n) is 13.3. The summed E-state index contributed by atoms with van der Waals surface area (Å²) >= 11 is 0. The van der Waals surface area contributed by atoms with Crippen LogP contribution >= 0.6 is 0 Å². The first-order valence-electron chi connectivity index (χ1n) is 7.90. The number of ether oxygens (including phenoxy) is 2. The third-order valence-corrected chi connectivity index (χ3v) is 4.30. The Morgan fingerprint density at radius 2 is 1.90 bits per heavy atom. The Balaban J connectivity index is 2.00. The number of likely N-dealkylation sites (tertiary alicyclic amines) is 1. The molecule has 1 fully saturated rings. The van der Waals surface area contributed by atoms with Gasteiger partial charge in [0.1, 0.15) is 11.5 Å². The molecular formula is C17H28N2O2. The van der Waals surface area contributed by atoms with Crippen molar-refractivity contribution in [3.05, 3.63) is 23.8 Å². The van der Waals surface area contributed by atoms with Gasteiger partial charge in [0.05, 0.1) is 14.2 Å². The number of nitrogens with two attached hydrogens (primary N) is 1. The first-order chi connectivity index (χ1) is 10.3. The Labute approximate surface area is 128 Å². The molecule has 0 radical (unpaired) electrons. The number of benzene rings is 1. The van der Waals surface area contributed by atoms with Gasteiger partial charge in [0.25, 0.3) is 0 Å². The normalized spacial score (nSPS) is 17.5. The molecule has 0 bridgehead atoms. The fourth-order valence-corrected chi connectivity index (χ4v) is 3.06. The van der Waals surface area contributed by atoms with Gasteiger partial charge in [-0.3, -0.25) is 0 Å². The Hall–Kier alpha value is -1.26. The van der Waals surface area contributed by atoms with Gasteiger partial charge in [-0.05, 0) is 56.4 Å². The minimum Gasteiger partial charge on any atom is -0.497 e. The van der Waals surface area contributed by atoms with Crippen molar-refractivity contribution in [3.8, 4) is 11.5 Å². The lowest BCUT2D eigenvalue weighted by Gasteiger charge is -2.30. The molecule has 1 heterocycles. The van der Waals surface area contributed by atoms with Gasteiger partial charge in [0.15, 0.2) is 0 Å². The van der Waals surface area contributed by atoms with Gasteiger partial charge >= 0.3 is 0 Å². The van der Waals surface area contributed by atoms with Crippen molar-refractivity contribution < 1.29 is 9.47 Å². The second-order valence-corrected chi connectivity index (χ2v) is 5.84. The van der Waals surface area contributed by atoms with Crippen LogP contribution in [0.4, 0.5) is 0 Å². The standard InChI is InChI=1S/C17H28N2O2/c1-20-16-7-6-15(17(11-16)21-2)10-14(12-18)13-19-8-4-3-5-9-19/h6-7,11,14H,3-5,8-10,12-13,18H2,1-2H3. The lowest BCUT2D eigenvalue weighted by molar-refractivity contribution is 0.196. The van der Waals surface area contributed by atoms with Gasteiger partial charge in [0, 0.05) is 12.6 Å². The Bertz CT molecular complexity index is 431. The highest BCUT2D eigenvalue weighted by atomic mass is 16.5. The Morgan fingerprint density at radius 1 is 1.14 bits per heavy atom. The molecule has 0 aromatic heterocycles. The van der Waals surface area contributed by atoms with Crippen molar-refractivity contribution in [3.63, 3.8) is 0 Å². The number of rotatable bonds is 7. The SMILES string of the molecule is COc1ccc(CC(CN)CN2CCCCC2)c(OC)c1. The molecule has 0 aliphatic carbocycles. The zero-order chi connectivity index (χ0) is 15.1. The van der Waals surface area contributed by atoms with Crippen molar-refractivity contribution in [2.45, 2.75) is 25.7 Å². The fourth-order valence-electron chi connectivity index (χ4n) is 3.06. The molecule has 1 saturated heterocycles. The van der Waals surface area contributed by atoms with Gasteiger partial charge in [-0.25, -0.2) is 0 Å². The van der Waals surface area contributed by atoms with Crippen LogP contribution in [0.1, 0.15) is 24.8 Å². The van der Waals surface area contributed by atoms with Crippen molar-refractivity contribution in [2.24, 2.45) is 11.7 Å². The summed E-state index contributed by atoms with van der Waals surface area (Å²) in [4.78, 5) is 2.55. The Kier molecular flexibility index (Phi) is 6.33. The van der Waals surface area contributed by atoms with Crippen LogP contribution in [0.15, 0.2) is 18.2 Å². The maximum atomic E-state index is 5.99. The van der Waals surface area contributed by atoms with E-state index in [-0.39, 0.29) is 0 Å². The molecule has 1 aromatic rings. The molecule has 21 heavy (non-hydrogen) atoms. The quantitative estimate of drug-likeness (QED) is 0.838. The highest BCUT2D eigenvalue weighted by Crippen LogP contribution is 2.27. The van der Waals surface area contributed by atoms with Crippen LogP contribution in [-0.4, -0.2) is 45.3 Å². The number of hydrogen-bond donors (Lipinski definition) is 1. The summed E-state index contributed by atoms with van der Waals surface area (Å²) in [5.74, 6) is 2.20. The molecule has 0 saturated carbocycles.